The van der Waals surface area contributed by atoms with Crippen LogP contribution in [0.25, 0.3) is 53.2 Å². The van der Waals surface area contributed by atoms with Gasteiger partial charge in [0.15, 0.2) is 0 Å². The molecular weight excluding hydrogens is 858 g/mol. The van der Waals surface area contributed by atoms with Crippen LogP contribution in [0.3, 0.4) is 0 Å². The van der Waals surface area contributed by atoms with E-state index in [0.717, 1.165) is 34.0 Å². The predicted octanol–water partition coefficient (Wildman–Crippen LogP) is 15.8. The molecule has 15 rings (SSSR count). The fourth-order valence-corrected chi connectivity index (χ4v) is 14.6. The molecule has 2 atom stereocenters. The van der Waals surface area contributed by atoms with E-state index in [1.165, 1.54) is 118 Å². The quantitative estimate of drug-likeness (QED) is 0.164. The van der Waals surface area contributed by atoms with Crippen molar-refractivity contribution in [3.8, 4) is 11.1 Å². The van der Waals surface area contributed by atoms with Crippen molar-refractivity contribution in [2.75, 3.05) is 14.7 Å². The van der Waals surface area contributed by atoms with E-state index in [2.05, 4.69) is 224 Å². The zero-order valence-corrected chi connectivity index (χ0v) is 39.8. The fraction of sp³-hybridized carbons (Fsp3) is 0.143. The normalized spacial score (nSPS) is 19.0. The van der Waals surface area contributed by atoms with Crippen LogP contribution in [-0.2, 0) is 5.41 Å². The zero-order chi connectivity index (χ0) is 45.8. The van der Waals surface area contributed by atoms with Gasteiger partial charge in [0.05, 0.1) is 16.6 Å². The first kappa shape index (κ1) is 39.5. The van der Waals surface area contributed by atoms with Crippen LogP contribution in [0.1, 0.15) is 50.7 Å². The Morgan fingerprint density at radius 3 is 2.06 bits per heavy atom. The molecule has 0 radical (unpaired) electrons. The highest BCUT2D eigenvalue weighted by Gasteiger charge is 2.57. The van der Waals surface area contributed by atoms with Crippen molar-refractivity contribution in [2.45, 2.75) is 57.4 Å². The number of aryl methyl sites for hydroxylation is 1. The Morgan fingerprint density at radius 1 is 0.493 bits per heavy atom. The zero-order valence-electron chi connectivity index (χ0n) is 39.0. The number of anilines is 8. The van der Waals surface area contributed by atoms with Crippen molar-refractivity contribution >= 4 is 122 Å². The van der Waals surface area contributed by atoms with Crippen molar-refractivity contribution in [1.82, 2.24) is 0 Å². The standard InChI is InChI=1S/C63H48BN3OS/c1-39-34-54-61-55(35-39)66(51-22-15-24-57-60(51)45-19-7-11-23-56(45)68-57)52-36-41(40-16-5-4-6-17-40)26-29-48(52)64(61)49-30-27-43(67-50-21-10-9-20-47(50)62(2)32-13-14-33-63(62,67)3)38-53(49)65(54)42-28-31-59-46(37-42)44-18-8-12-25-58(44)69-59/h4-12,15-31,34-38H,13-14,32-33H2,1-3H3. The highest BCUT2D eigenvalue weighted by atomic mass is 32.1. The summed E-state index contributed by atoms with van der Waals surface area (Å²) in [7, 11) is 0. The maximum Gasteiger partial charge on any atom is 0.252 e. The van der Waals surface area contributed by atoms with Gasteiger partial charge in [0.1, 0.15) is 11.2 Å². The largest absolute Gasteiger partial charge is 0.456 e. The Bertz CT molecular complexity index is 3970. The first-order valence-corrected chi connectivity index (χ1v) is 25.5. The Hall–Kier alpha value is -7.54. The Labute approximate surface area is 406 Å². The number of para-hydroxylation sites is 2. The number of nitrogens with zero attached hydrogens (tertiary/aromatic N) is 3. The second-order valence-corrected chi connectivity index (χ2v) is 21.5. The molecule has 2 unspecified atom stereocenters. The molecule has 0 bridgehead atoms. The summed E-state index contributed by atoms with van der Waals surface area (Å²) in [5.74, 6) is 0. The lowest BCUT2D eigenvalue weighted by atomic mass is 9.33. The molecule has 0 saturated heterocycles. The second kappa shape index (κ2) is 14.3. The van der Waals surface area contributed by atoms with E-state index in [4.69, 9.17) is 4.42 Å². The molecule has 0 spiro atoms. The monoisotopic (exact) mass is 905 g/mol. The molecule has 330 valence electrons. The molecule has 69 heavy (non-hydrogen) atoms. The van der Waals surface area contributed by atoms with Gasteiger partial charge >= 0.3 is 0 Å². The number of hydrogen-bond donors (Lipinski definition) is 0. The summed E-state index contributed by atoms with van der Waals surface area (Å²) in [4.78, 5) is 7.92. The fourth-order valence-electron chi connectivity index (χ4n) is 13.5. The molecular formula is C63H48BN3OS. The van der Waals surface area contributed by atoms with Crippen molar-refractivity contribution in [3.63, 3.8) is 0 Å². The van der Waals surface area contributed by atoms with Gasteiger partial charge in [-0.05, 0) is 144 Å². The minimum absolute atomic E-state index is 0.0284. The van der Waals surface area contributed by atoms with Crippen LogP contribution in [0.5, 0.6) is 0 Å². The highest BCUT2D eigenvalue weighted by molar-refractivity contribution is 7.25. The SMILES string of the molecule is Cc1cc2c3c(c1)N(c1cccc4oc5ccccc5c14)c1cc(-c4ccccc4)ccc1B3c1ccc(N3c4ccccc4C4(C)CCCCC34C)cc1N2c1ccc2sc3ccccc3c2c1. The van der Waals surface area contributed by atoms with E-state index < -0.39 is 0 Å². The van der Waals surface area contributed by atoms with Gasteiger partial charge in [0.25, 0.3) is 6.71 Å². The maximum atomic E-state index is 6.62. The van der Waals surface area contributed by atoms with Gasteiger partial charge in [-0.15, -0.1) is 11.3 Å². The summed E-state index contributed by atoms with van der Waals surface area (Å²) < 4.78 is 9.24. The van der Waals surface area contributed by atoms with Crippen LogP contribution in [-0.4, -0.2) is 12.3 Å². The van der Waals surface area contributed by atoms with Gasteiger partial charge in [0, 0.05) is 70.8 Å². The smallest absolute Gasteiger partial charge is 0.252 e. The average molecular weight is 906 g/mol. The van der Waals surface area contributed by atoms with E-state index in [9.17, 15) is 0 Å². The van der Waals surface area contributed by atoms with Crippen molar-refractivity contribution in [3.05, 3.63) is 199 Å². The molecule has 5 heterocycles. The Kier molecular flexibility index (Phi) is 8.15. The minimum Gasteiger partial charge on any atom is -0.456 e. The molecule has 0 amide bonds. The van der Waals surface area contributed by atoms with Gasteiger partial charge in [-0.2, -0.15) is 0 Å². The van der Waals surface area contributed by atoms with Crippen molar-refractivity contribution in [2.24, 2.45) is 0 Å². The summed E-state index contributed by atoms with van der Waals surface area (Å²) in [6.45, 7) is 7.33. The molecule has 0 N–H and O–H groups in total. The summed E-state index contributed by atoms with van der Waals surface area (Å²) in [6.07, 6.45) is 4.85. The van der Waals surface area contributed by atoms with Gasteiger partial charge in [-0.3, -0.25) is 0 Å². The van der Waals surface area contributed by atoms with E-state index in [1.54, 1.807) is 0 Å². The molecule has 1 aliphatic carbocycles. The van der Waals surface area contributed by atoms with Crippen LogP contribution >= 0.6 is 11.3 Å². The van der Waals surface area contributed by atoms with Crippen LogP contribution in [0.15, 0.2) is 192 Å². The number of hydrogen-bond acceptors (Lipinski definition) is 5. The molecule has 1 saturated carbocycles. The van der Waals surface area contributed by atoms with Crippen molar-refractivity contribution in [1.29, 1.82) is 0 Å². The first-order valence-electron chi connectivity index (χ1n) is 24.7. The van der Waals surface area contributed by atoms with Crippen LogP contribution in [0, 0.1) is 6.92 Å². The number of rotatable bonds is 4. The van der Waals surface area contributed by atoms with Gasteiger partial charge in [-0.1, -0.05) is 129 Å². The van der Waals surface area contributed by atoms with E-state index >= 15 is 0 Å². The van der Waals surface area contributed by atoms with Crippen LogP contribution < -0.4 is 31.1 Å². The lowest BCUT2D eigenvalue weighted by Gasteiger charge is -2.50. The lowest BCUT2D eigenvalue weighted by Crippen LogP contribution is -2.61. The third kappa shape index (κ3) is 5.35. The molecule has 11 aromatic rings. The third-order valence-electron chi connectivity index (χ3n) is 16.8. The molecule has 9 aromatic carbocycles. The van der Waals surface area contributed by atoms with E-state index in [-0.39, 0.29) is 17.7 Å². The Balaban J connectivity index is 1.03. The molecule has 3 aliphatic heterocycles. The van der Waals surface area contributed by atoms with Crippen LogP contribution in [0.2, 0.25) is 0 Å². The van der Waals surface area contributed by atoms with E-state index in [1.807, 2.05) is 11.3 Å². The molecule has 4 nitrogen and oxygen atoms in total. The van der Waals surface area contributed by atoms with Gasteiger partial charge in [0.2, 0.25) is 0 Å². The third-order valence-corrected chi connectivity index (χ3v) is 18.0. The molecule has 1 fully saturated rings. The minimum atomic E-state index is -0.0666. The topological polar surface area (TPSA) is 22.9 Å². The molecule has 6 heteroatoms. The molecule has 4 aliphatic rings. The van der Waals surface area contributed by atoms with E-state index in [0.29, 0.717) is 0 Å². The number of fused-ring (bicyclic) bond motifs is 13. The second-order valence-electron chi connectivity index (χ2n) is 20.4. The van der Waals surface area contributed by atoms with Gasteiger partial charge in [-0.25, -0.2) is 0 Å². The van der Waals surface area contributed by atoms with Gasteiger partial charge < -0.3 is 19.1 Å². The predicted molar refractivity (Wildman–Crippen MR) is 294 cm³/mol. The lowest BCUT2D eigenvalue weighted by molar-refractivity contribution is 0.195. The number of thiophene rings is 1. The Morgan fingerprint density at radius 2 is 1.17 bits per heavy atom. The highest BCUT2D eigenvalue weighted by Crippen LogP contribution is 2.61. The summed E-state index contributed by atoms with van der Waals surface area (Å²) in [5.41, 5.74) is 20.5. The maximum absolute atomic E-state index is 6.62. The number of benzene rings is 9. The molecule has 2 aromatic heterocycles. The summed E-state index contributed by atoms with van der Waals surface area (Å²) >= 11 is 1.88. The summed E-state index contributed by atoms with van der Waals surface area (Å²) in [5, 5.41) is 4.85. The first-order chi connectivity index (χ1) is 33.9. The average Bonchev–Trinajstić information content (AvgIpc) is 4.02. The summed E-state index contributed by atoms with van der Waals surface area (Å²) in [6, 6.07) is 70.9. The van der Waals surface area contributed by atoms with Crippen LogP contribution in [0.4, 0.5) is 45.5 Å². The number of furan rings is 1. The van der Waals surface area contributed by atoms with Crippen molar-refractivity contribution < 1.29 is 4.42 Å².